The van der Waals surface area contributed by atoms with Gasteiger partial charge in [-0.2, -0.15) is 0 Å². The van der Waals surface area contributed by atoms with E-state index in [1.165, 1.54) is 6.07 Å². The van der Waals surface area contributed by atoms with Crippen LogP contribution < -0.4 is 10.7 Å². The van der Waals surface area contributed by atoms with Gasteiger partial charge in [0.05, 0.1) is 11.6 Å². The van der Waals surface area contributed by atoms with Gasteiger partial charge in [-0.05, 0) is 27.7 Å². The van der Waals surface area contributed by atoms with Gasteiger partial charge in [-0.15, -0.1) is 0 Å². The molecule has 2 N–H and O–H groups in total. The van der Waals surface area contributed by atoms with Crippen LogP contribution in [0.3, 0.4) is 0 Å². The lowest BCUT2D eigenvalue weighted by Crippen LogP contribution is -2.47. The highest BCUT2D eigenvalue weighted by Crippen LogP contribution is 2.09. The Hall–Kier alpha value is -1.62. The van der Waals surface area contributed by atoms with Crippen molar-refractivity contribution in [3.8, 4) is 0 Å². The van der Waals surface area contributed by atoms with E-state index in [9.17, 15) is 14.7 Å². The molecule has 1 aromatic rings. The predicted molar refractivity (Wildman–Crippen MR) is 62.9 cm³/mol. The molecule has 1 rings (SSSR count). The Labute approximate surface area is 99.5 Å². The SMILES string of the molecule is Cc1cc(=O)cc(C(=O)NC(C)C(C)(C)O)o1. The van der Waals surface area contributed by atoms with E-state index in [2.05, 4.69) is 5.32 Å². The largest absolute Gasteiger partial charge is 0.456 e. The number of hydrogen-bond donors (Lipinski definition) is 2. The van der Waals surface area contributed by atoms with Crippen molar-refractivity contribution in [1.82, 2.24) is 5.32 Å². The first-order valence-corrected chi connectivity index (χ1v) is 5.35. The zero-order valence-corrected chi connectivity index (χ0v) is 10.4. The van der Waals surface area contributed by atoms with Gasteiger partial charge in [0.2, 0.25) is 0 Å². The Morgan fingerprint density at radius 2 is 2.06 bits per heavy atom. The number of hydrogen-bond acceptors (Lipinski definition) is 4. The zero-order chi connectivity index (χ0) is 13.2. The van der Waals surface area contributed by atoms with E-state index in [4.69, 9.17) is 4.42 Å². The number of amides is 1. The topological polar surface area (TPSA) is 79.5 Å². The predicted octanol–water partition coefficient (Wildman–Crippen LogP) is 0.837. The molecule has 5 nitrogen and oxygen atoms in total. The monoisotopic (exact) mass is 239 g/mol. The van der Waals surface area contributed by atoms with Crippen molar-refractivity contribution in [2.24, 2.45) is 0 Å². The van der Waals surface area contributed by atoms with Gasteiger partial charge in [0.15, 0.2) is 11.2 Å². The summed E-state index contributed by atoms with van der Waals surface area (Å²) in [4.78, 5) is 23.0. The fraction of sp³-hybridized carbons (Fsp3) is 0.500. The van der Waals surface area contributed by atoms with Gasteiger partial charge in [-0.1, -0.05) is 0 Å². The lowest BCUT2D eigenvalue weighted by molar-refractivity contribution is 0.0400. The maximum Gasteiger partial charge on any atom is 0.287 e. The fourth-order valence-corrected chi connectivity index (χ4v) is 1.16. The quantitative estimate of drug-likeness (QED) is 0.819. The lowest BCUT2D eigenvalue weighted by Gasteiger charge is -2.26. The van der Waals surface area contributed by atoms with Crippen molar-refractivity contribution in [3.05, 3.63) is 33.9 Å². The Bertz CT molecular complexity index is 470. The Kier molecular flexibility index (Phi) is 3.72. The van der Waals surface area contributed by atoms with E-state index >= 15 is 0 Å². The summed E-state index contributed by atoms with van der Waals surface area (Å²) in [6.45, 7) is 6.44. The molecule has 1 amide bonds. The molecule has 1 heterocycles. The molecule has 0 aromatic carbocycles. The van der Waals surface area contributed by atoms with Gasteiger partial charge in [0, 0.05) is 12.1 Å². The normalized spacial score (nSPS) is 13.2. The summed E-state index contributed by atoms with van der Waals surface area (Å²) in [5.74, 6) is -0.190. The van der Waals surface area contributed by atoms with Crippen LogP contribution in [-0.2, 0) is 0 Å². The molecule has 0 aliphatic heterocycles. The maximum absolute atomic E-state index is 11.8. The maximum atomic E-state index is 11.8. The number of carbonyl (C=O) groups excluding carboxylic acids is 1. The van der Waals surface area contributed by atoms with Crippen molar-refractivity contribution in [2.45, 2.75) is 39.3 Å². The van der Waals surface area contributed by atoms with Crippen LogP contribution in [0.25, 0.3) is 0 Å². The fourth-order valence-electron chi connectivity index (χ4n) is 1.16. The Morgan fingerprint density at radius 1 is 1.47 bits per heavy atom. The van der Waals surface area contributed by atoms with Crippen LogP contribution >= 0.6 is 0 Å². The zero-order valence-electron chi connectivity index (χ0n) is 10.4. The molecule has 0 saturated carbocycles. The Morgan fingerprint density at radius 3 is 2.53 bits per heavy atom. The highest BCUT2D eigenvalue weighted by atomic mass is 16.3. The summed E-state index contributed by atoms with van der Waals surface area (Å²) in [6.07, 6.45) is 0. The number of nitrogens with one attached hydrogen (secondary N) is 1. The standard InChI is InChI=1S/C12H17NO4/c1-7-5-9(14)6-10(17-7)11(15)13-8(2)12(3,4)16/h5-6,8,16H,1-4H3,(H,13,15). The molecule has 1 aromatic heterocycles. The highest BCUT2D eigenvalue weighted by molar-refractivity contribution is 5.91. The van der Waals surface area contributed by atoms with Crippen LogP contribution in [0.2, 0.25) is 0 Å². The summed E-state index contributed by atoms with van der Waals surface area (Å²) in [7, 11) is 0. The second-order valence-electron chi connectivity index (χ2n) is 4.62. The number of rotatable bonds is 3. The van der Waals surface area contributed by atoms with E-state index in [0.717, 1.165) is 6.07 Å². The van der Waals surface area contributed by atoms with Gasteiger partial charge < -0.3 is 14.8 Å². The van der Waals surface area contributed by atoms with Crippen molar-refractivity contribution in [2.75, 3.05) is 0 Å². The number of aliphatic hydroxyl groups is 1. The smallest absolute Gasteiger partial charge is 0.287 e. The molecular formula is C12H17NO4. The van der Waals surface area contributed by atoms with E-state index < -0.39 is 17.6 Å². The average Bonchev–Trinajstić information content (AvgIpc) is 2.14. The molecule has 1 atom stereocenters. The second-order valence-corrected chi connectivity index (χ2v) is 4.62. The molecule has 0 aliphatic carbocycles. The minimum Gasteiger partial charge on any atom is -0.456 e. The molecule has 0 fully saturated rings. The third-order valence-corrected chi connectivity index (χ3v) is 2.52. The summed E-state index contributed by atoms with van der Waals surface area (Å²) >= 11 is 0. The first-order chi connectivity index (χ1) is 7.70. The molecule has 0 bridgehead atoms. The third-order valence-electron chi connectivity index (χ3n) is 2.52. The van der Waals surface area contributed by atoms with Crippen LogP contribution in [0.4, 0.5) is 0 Å². The molecule has 1 unspecified atom stereocenters. The molecule has 17 heavy (non-hydrogen) atoms. The van der Waals surface area contributed by atoms with Crippen molar-refractivity contribution in [3.63, 3.8) is 0 Å². The lowest BCUT2D eigenvalue weighted by atomic mass is 10.0. The van der Waals surface area contributed by atoms with E-state index in [1.807, 2.05) is 0 Å². The van der Waals surface area contributed by atoms with Crippen molar-refractivity contribution in [1.29, 1.82) is 0 Å². The van der Waals surface area contributed by atoms with Gasteiger partial charge in [0.25, 0.3) is 5.91 Å². The van der Waals surface area contributed by atoms with Crippen molar-refractivity contribution >= 4 is 5.91 Å². The van der Waals surface area contributed by atoms with Crippen LogP contribution in [0.15, 0.2) is 21.3 Å². The molecular weight excluding hydrogens is 222 g/mol. The molecule has 5 heteroatoms. The second kappa shape index (κ2) is 4.71. The van der Waals surface area contributed by atoms with Gasteiger partial charge in [-0.25, -0.2) is 0 Å². The third kappa shape index (κ3) is 3.71. The number of aryl methyl sites for hydroxylation is 1. The molecule has 0 saturated heterocycles. The van der Waals surface area contributed by atoms with Gasteiger partial charge in [-0.3, -0.25) is 9.59 Å². The summed E-state index contributed by atoms with van der Waals surface area (Å²) in [6, 6.07) is 1.97. The highest BCUT2D eigenvalue weighted by Gasteiger charge is 2.25. The minimum atomic E-state index is -1.04. The van der Waals surface area contributed by atoms with Crippen LogP contribution in [0.5, 0.6) is 0 Å². The average molecular weight is 239 g/mol. The van der Waals surface area contributed by atoms with E-state index in [-0.39, 0.29) is 11.2 Å². The van der Waals surface area contributed by atoms with Crippen molar-refractivity contribution < 1.29 is 14.3 Å². The Balaban J connectivity index is 2.87. The summed E-state index contributed by atoms with van der Waals surface area (Å²) in [5.41, 5.74) is -1.32. The first kappa shape index (κ1) is 13.4. The van der Waals surface area contributed by atoms with Gasteiger partial charge in [0.1, 0.15) is 5.76 Å². The summed E-state index contributed by atoms with van der Waals surface area (Å²) in [5, 5.41) is 12.3. The van der Waals surface area contributed by atoms with Crippen LogP contribution in [-0.4, -0.2) is 22.7 Å². The minimum absolute atomic E-state index is 0.0499. The molecule has 0 radical (unpaired) electrons. The van der Waals surface area contributed by atoms with Gasteiger partial charge >= 0.3 is 0 Å². The molecule has 94 valence electrons. The van der Waals surface area contributed by atoms with E-state index in [1.54, 1.807) is 27.7 Å². The van der Waals surface area contributed by atoms with E-state index in [0.29, 0.717) is 5.76 Å². The summed E-state index contributed by atoms with van der Waals surface area (Å²) < 4.78 is 5.14. The first-order valence-electron chi connectivity index (χ1n) is 5.35. The molecule has 0 aliphatic rings. The molecule has 0 spiro atoms. The number of carbonyl (C=O) groups is 1. The van der Waals surface area contributed by atoms with Crippen LogP contribution in [0.1, 0.15) is 37.1 Å². The van der Waals surface area contributed by atoms with Crippen LogP contribution in [0, 0.1) is 6.92 Å².